The van der Waals surface area contributed by atoms with E-state index in [4.69, 9.17) is 11.6 Å². The van der Waals surface area contributed by atoms with E-state index in [9.17, 15) is 14.9 Å². The summed E-state index contributed by atoms with van der Waals surface area (Å²) in [5.41, 5.74) is 2.16. The number of carbonyl (C=O) groups excluding carboxylic acids is 1. The minimum absolute atomic E-state index is 0.0288. The van der Waals surface area contributed by atoms with Gasteiger partial charge in [-0.2, -0.15) is 0 Å². The Kier molecular flexibility index (Phi) is 3.45. The van der Waals surface area contributed by atoms with Crippen LogP contribution in [0.4, 0.5) is 5.69 Å². The number of aromatic nitrogens is 2. The summed E-state index contributed by atoms with van der Waals surface area (Å²) in [7, 11) is 0. The minimum Gasteiger partial charge on any atom is -0.328 e. The molecule has 2 aliphatic heterocycles. The third-order valence-electron chi connectivity index (χ3n) is 4.74. The van der Waals surface area contributed by atoms with Crippen LogP contribution in [-0.2, 0) is 6.42 Å². The Balaban J connectivity index is 1.69. The number of rotatable bonds is 2. The van der Waals surface area contributed by atoms with Gasteiger partial charge in [0.1, 0.15) is 11.3 Å². The van der Waals surface area contributed by atoms with Crippen molar-refractivity contribution in [3.8, 4) is 0 Å². The van der Waals surface area contributed by atoms with E-state index < -0.39 is 4.92 Å². The van der Waals surface area contributed by atoms with Gasteiger partial charge in [0.15, 0.2) is 0 Å². The molecule has 1 saturated heterocycles. The summed E-state index contributed by atoms with van der Waals surface area (Å²) < 4.78 is 0. The summed E-state index contributed by atoms with van der Waals surface area (Å²) in [4.78, 5) is 33.5. The molecule has 1 fully saturated rings. The first-order chi connectivity index (χ1) is 11.6. The molecule has 2 bridgehead atoms. The summed E-state index contributed by atoms with van der Waals surface area (Å²) in [6, 6.07) is 4.17. The number of amides is 1. The minimum atomic E-state index is -0.561. The highest BCUT2D eigenvalue weighted by Crippen LogP contribution is 2.43. The highest BCUT2D eigenvalue weighted by molar-refractivity contribution is 6.33. The zero-order chi connectivity index (χ0) is 16.8. The molecule has 1 amide bonds. The largest absolute Gasteiger partial charge is 0.328 e. The van der Waals surface area contributed by atoms with Crippen molar-refractivity contribution in [3.05, 3.63) is 62.7 Å². The number of nitro benzene ring substituents is 1. The summed E-state index contributed by atoms with van der Waals surface area (Å²) in [6.07, 6.45) is 5.80. The van der Waals surface area contributed by atoms with Gasteiger partial charge in [-0.15, -0.1) is 0 Å². The van der Waals surface area contributed by atoms with Crippen molar-refractivity contribution in [2.24, 2.45) is 0 Å². The lowest BCUT2D eigenvalue weighted by Gasteiger charge is -2.35. The number of halogens is 1. The van der Waals surface area contributed by atoms with Gasteiger partial charge in [-0.3, -0.25) is 14.9 Å². The van der Waals surface area contributed by atoms with E-state index in [1.807, 2.05) is 4.90 Å². The summed E-state index contributed by atoms with van der Waals surface area (Å²) in [5.74, 6) is -0.159. The van der Waals surface area contributed by atoms with Gasteiger partial charge in [0, 0.05) is 35.9 Å². The maximum Gasteiger partial charge on any atom is 0.287 e. The lowest BCUT2D eigenvalue weighted by molar-refractivity contribution is -0.384. The first-order valence-corrected chi connectivity index (χ1v) is 7.99. The fourth-order valence-electron chi connectivity index (χ4n) is 3.67. The van der Waals surface area contributed by atoms with Crippen LogP contribution < -0.4 is 0 Å². The molecule has 24 heavy (non-hydrogen) atoms. The van der Waals surface area contributed by atoms with Crippen LogP contribution >= 0.6 is 11.6 Å². The lowest BCUT2D eigenvalue weighted by Crippen LogP contribution is -2.42. The van der Waals surface area contributed by atoms with E-state index in [1.165, 1.54) is 24.5 Å². The van der Waals surface area contributed by atoms with E-state index >= 15 is 0 Å². The fourth-order valence-corrected chi connectivity index (χ4v) is 3.92. The Labute approximate surface area is 142 Å². The monoisotopic (exact) mass is 344 g/mol. The number of carbonyl (C=O) groups is 1. The van der Waals surface area contributed by atoms with Crippen LogP contribution in [0, 0.1) is 10.1 Å². The number of nitrogens with zero attached hydrogens (tertiary/aromatic N) is 4. The smallest absolute Gasteiger partial charge is 0.287 e. The topological polar surface area (TPSA) is 89.2 Å². The van der Waals surface area contributed by atoms with Gasteiger partial charge in [-0.1, -0.05) is 11.6 Å². The summed E-state index contributed by atoms with van der Waals surface area (Å²) in [5, 5.41) is 10.8. The van der Waals surface area contributed by atoms with Crippen LogP contribution in [-0.4, -0.2) is 31.7 Å². The average molecular weight is 345 g/mol. The molecule has 122 valence electrons. The van der Waals surface area contributed by atoms with Gasteiger partial charge in [0.05, 0.1) is 16.7 Å². The van der Waals surface area contributed by atoms with Crippen molar-refractivity contribution in [2.75, 3.05) is 0 Å². The zero-order valence-corrected chi connectivity index (χ0v) is 13.3. The molecule has 3 heterocycles. The van der Waals surface area contributed by atoms with Crippen molar-refractivity contribution in [3.63, 3.8) is 0 Å². The molecular weight excluding hydrogens is 332 g/mol. The van der Waals surface area contributed by atoms with Crippen molar-refractivity contribution < 1.29 is 9.72 Å². The maximum atomic E-state index is 13.0. The molecular formula is C16H13ClN4O3. The summed E-state index contributed by atoms with van der Waals surface area (Å²) >= 11 is 5.94. The van der Waals surface area contributed by atoms with Gasteiger partial charge < -0.3 is 4.90 Å². The van der Waals surface area contributed by atoms with E-state index in [0.717, 1.165) is 24.1 Å². The third-order valence-corrected chi connectivity index (χ3v) is 5.05. The molecule has 1 aromatic carbocycles. The molecule has 4 rings (SSSR count). The standard InChI is InChI=1S/C16H13ClN4O3/c17-12-5-9(1-3-15(12)21(23)24)16(22)20-10-2-4-14(20)11-7-18-8-19-13(11)6-10/h1,3,5,7-8,10,14H,2,4,6H2. The molecule has 0 N–H and O–H groups in total. The highest BCUT2D eigenvalue weighted by Gasteiger charge is 2.43. The molecule has 7 nitrogen and oxygen atoms in total. The molecule has 1 aromatic heterocycles. The van der Waals surface area contributed by atoms with Crippen LogP contribution in [0.1, 0.15) is 40.5 Å². The number of fused-ring (bicyclic) bond motifs is 4. The zero-order valence-electron chi connectivity index (χ0n) is 12.6. The SMILES string of the molecule is O=C(c1ccc([N+](=O)[O-])c(Cl)c1)N1C2CCC1c1cncnc1C2. The Bertz CT molecular complexity index is 857. The summed E-state index contributed by atoms with van der Waals surface area (Å²) in [6.45, 7) is 0. The number of benzene rings is 1. The van der Waals surface area contributed by atoms with Crippen LogP contribution in [0.15, 0.2) is 30.7 Å². The second kappa shape index (κ2) is 5.52. The maximum absolute atomic E-state index is 13.0. The van der Waals surface area contributed by atoms with E-state index in [1.54, 1.807) is 6.20 Å². The van der Waals surface area contributed by atoms with Gasteiger partial charge in [-0.05, 0) is 25.0 Å². The molecule has 2 unspecified atom stereocenters. The molecule has 0 aliphatic carbocycles. The lowest BCUT2D eigenvalue weighted by atomic mass is 9.98. The molecule has 2 aromatic rings. The quantitative estimate of drug-likeness (QED) is 0.617. The van der Waals surface area contributed by atoms with E-state index in [-0.39, 0.29) is 28.7 Å². The highest BCUT2D eigenvalue weighted by atomic mass is 35.5. The van der Waals surface area contributed by atoms with Gasteiger partial charge in [0.25, 0.3) is 11.6 Å². The Morgan fingerprint density at radius 2 is 2.21 bits per heavy atom. The first-order valence-electron chi connectivity index (χ1n) is 7.61. The molecule has 2 aliphatic rings. The Morgan fingerprint density at radius 1 is 1.38 bits per heavy atom. The molecule has 0 spiro atoms. The first kappa shape index (κ1) is 15.0. The van der Waals surface area contributed by atoms with Crippen LogP contribution in [0.3, 0.4) is 0 Å². The Morgan fingerprint density at radius 3 is 2.96 bits per heavy atom. The molecule has 2 atom stereocenters. The molecule has 0 radical (unpaired) electrons. The van der Waals surface area contributed by atoms with E-state index in [0.29, 0.717) is 12.0 Å². The second-order valence-electron chi connectivity index (χ2n) is 6.01. The van der Waals surface area contributed by atoms with Crippen LogP contribution in [0.25, 0.3) is 0 Å². The normalized spacial score (nSPS) is 21.5. The number of hydrogen-bond acceptors (Lipinski definition) is 5. The molecule has 8 heteroatoms. The van der Waals surface area contributed by atoms with Crippen molar-refractivity contribution in [1.82, 2.24) is 14.9 Å². The van der Waals surface area contributed by atoms with Crippen molar-refractivity contribution >= 4 is 23.2 Å². The Hall–Kier alpha value is -2.54. The van der Waals surface area contributed by atoms with Crippen LogP contribution in [0.5, 0.6) is 0 Å². The van der Waals surface area contributed by atoms with E-state index in [2.05, 4.69) is 9.97 Å². The second-order valence-corrected chi connectivity index (χ2v) is 6.42. The van der Waals surface area contributed by atoms with Gasteiger partial charge in [-0.25, -0.2) is 9.97 Å². The van der Waals surface area contributed by atoms with Crippen LogP contribution in [0.2, 0.25) is 5.02 Å². The number of hydrogen-bond donors (Lipinski definition) is 0. The molecule has 0 saturated carbocycles. The van der Waals surface area contributed by atoms with Crippen molar-refractivity contribution in [1.29, 1.82) is 0 Å². The predicted molar refractivity (Wildman–Crippen MR) is 85.8 cm³/mol. The average Bonchev–Trinajstić information content (AvgIpc) is 2.88. The van der Waals surface area contributed by atoms with Gasteiger partial charge >= 0.3 is 0 Å². The van der Waals surface area contributed by atoms with Gasteiger partial charge in [0.2, 0.25) is 0 Å². The van der Waals surface area contributed by atoms with Crippen molar-refractivity contribution in [2.45, 2.75) is 31.3 Å². The predicted octanol–water partition coefficient (Wildman–Crippen LogP) is 2.94. The fraction of sp³-hybridized carbons (Fsp3) is 0.312. The third kappa shape index (κ3) is 2.24. The number of nitro groups is 1.